The third-order valence-electron chi connectivity index (χ3n) is 3.85. The number of hydrogen-bond donors (Lipinski definition) is 1. The lowest BCUT2D eigenvalue weighted by Gasteiger charge is -2.49. The van der Waals surface area contributed by atoms with Gasteiger partial charge in [-0.25, -0.2) is 0 Å². The number of nitriles is 1. The first-order chi connectivity index (χ1) is 8.39. The summed E-state index contributed by atoms with van der Waals surface area (Å²) < 4.78 is 0. The molecule has 0 bridgehead atoms. The van der Waals surface area contributed by atoms with E-state index in [0.717, 1.165) is 11.3 Å². The molecule has 0 unspecified atom stereocenters. The Morgan fingerprint density at radius 1 is 1.33 bits per heavy atom. The van der Waals surface area contributed by atoms with Gasteiger partial charge in [0.1, 0.15) is 17.2 Å². The summed E-state index contributed by atoms with van der Waals surface area (Å²) in [5.41, 5.74) is 1.53. The zero-order valence-corrected chi connectivity index (χ0v) is 11.2. The maximum Gasteiger partial charge on any atom is 0.169 e. The highest BCUT2D eigenvalue weighted by molar-refractivity contribution is 5.59. The lowest BCUT2D eigenvalue weighted by molar-refractivity contribution is -0.0305. The smallest absolute Gasteiger partial charge is 0.169 e. The van der Waals surface area contributed by atoms with Crippen molar-refractivity contribution in [2.24, 2.45) is 5.92 Å². The number of aliphatic hydroxyl groups is 1. The lowest BCUT2D eigenvalue weighted by Crippen LogP contribution is -2.65. The molecule has 96 valence electrons. The van der Waals surface area contributed by atoms with Crippen LogP contribution in [-0.2, 0) is 0 Å². The van der Waals surface area contributed by atoms with Gasteiger partial charge in [0.15, 0.2) is 5.82 Å². The van der Waals surface area contributed by atoms with Crippen molar-refractivity contribution in [1.29, 1.82) is 5.26 Å². The second-order valence-corrected chi connectivity index (χ2v) is 5.34. The Bertz CT molecular complexity index is 512. The third kappa shape index (κ3) is 1.83. The normalized spacial score (nSPS) is 17.5. The van der Waals surface area contributed by atoms with Crippen LogP contribution in [0.25, 0.3) is 0 Å². The predicted molar refractivity (Wildman–Crippen MR) is 68.2 cm³/mol. The molecule has 1 fully saturated rings. The molecule has 0 saturated carbocycles. The number of aryl methyl sites for hydroxylation is 1. The summed E-state index contributed by atoms with van der Waals surface area (Å²) in [5, 5.41) is 27.6. The molecular weight excluding hydrogens is 228 g/mol. The summed E-state index contributed by atoms with van der Waals surface area (Å²) >= 11 is 0. The second kappa shape index (κ2) is 4.21. The van der Waals surface area contributed by atoms with Crippen molar-refractivity contribution in [3.8, 4) is 6.07 Å². The predicted octanol–water partition coefficient (Wildman–Crippen LogP) is 1.17. The highest BCUT2D eigenvalue weighted by Gasteiger charge is 2.45. The van der Waals surface area contributed by atoms with Gasteiger partial charge in [-0.1, -0.05) is 13.8 Å². The maximum atomic E-state index is 10.2. The van der Waals surface area contributed by atoms with Crippen molar-refractivity contribution < 1.29 is 5.11 Å². The first kappa shape index (κ1) is 12.8. The minimum absolute atomic E-state index is 0.193. The number of β-amino-alcohol motifs (C(OH)–C–C–N with tert-alkyl or cyclic N) is 1. The van der Waals surface area contributed by atoms with Crippen LogP contribution in [0.3, 0.4) is 0 Å². The summed E-state index contributed by atoms with van der Waals surface area (Å²) in [7, 11) is 0. The molecule has 1 aromatic heterocycles. The molecule has 1 N–H and O–H groups in total. The summed E-state index contributed by atoms with van der Waals surface area (Å²) in [6, 6.07) is 2.18. The SMILES string of the molecule is Cc1nnc(N2CC(O)(C(C)C)C2)c(C#N)c1C. The van der Waals surface area contributed by atoms with Gasteiger partial charge in [0.25, 0.3) is 0 Å². The molecule has 1 aliphatic rings. The topological polar surface area (TPSA) is 73.0 Å². The standard InChI is InChI=1S/C13H18N4O/c1-8(2)13(18)6-17(7-13)12-11(5-14)9(3)10(4)15-16-12/h8,18H,6-7H2,1-4H3. The van der Waals surface area contributed by atoms with E-state index in [1.807, 2.05) is 32.6 Å². The Morgan fingerprint density at radius 2 is 1.94 bits per heavy atom. The maximum absolute atomic E-state index is 10.2. The van der Waals surface area contributed by atoms with Crippen LogP contribution in [0.1, 0.15) is 30.7 Å². The van der Waals surface area contributed by atoms with Gasteiger partial charge in [0, 0.05) is 0 Å². The van der Waals surface area contributed by atoms with Gasteiger partial charge >= 0.3 is 0 Å². The Labute approximate surface area is 107 Å². The Balaban J connectivity index is 2.28. The van der Waals surface area contributed by atoms with Gasteiger partial charge in [-0.2, -0.15) is 10.4 Å². The lowest BCUT2D eigenvalue weighted by atomic mass is 9.83. The summed E-state index contributed by atoms with van der Waals surface area (Å²) in [6.45, 7) is 8.73. The van der Waals surface area contributed by atoms with Crippen LogP contribution in [0, 0.1) is 31.1 Å². The minimum Gasteiger partial charge on any atom is -0.386 e. The van der Waals surface area contributed by atoms with Crippen LogP contribution in [0.15, 0.2) is 0 Å². The van der Waals surface area contributed by atoms with Crippen LogP contribution < -0.4 is 4.90 Å². The molecule has 18 heavy (non-hydrogen) atoms. The van der Waals surface area contributed by atoms with Crippen molar-refractivity contribution in [1.82, 2.24) is 10.2 Å². The van der Waals surface area contributed by atoms with Gasteiger partial charge < -0.3 is 10.0 Å². The molecule has 0 aliphatic carbocycles. The highest BCUT2D eigenvalue weighted by atomic mass is 16.3. The van der Waals surface area contributed by atoms with E-state index in [-0.39, 0.29) is 5.92 Å². The third-order valence-corrected chi connectivity index (χ3v) is 3.85. The first-order valence-electron chi connectivity index (χ1n) is 6.10. The molecule has 0 atom stereocenters. The molecule has 1 saturated heterocycles. The quantitative estimate of drug-likeness (QED) is 0.848. The van der Waals surface area contributed by atoms with Crippen LogP contribution in [0.4, 0.5) is 5.82 Å². The molecule has 5 nitrogen and oxygen atoms in total. The summed E-state index contributed by atoms with van der Waals surface area (Å²) in [4.78, 5) is 1.91. The van der Waals surface area contributed by atoms with Crippen molar-refractivity contribution in [2.45, 2.75) is 33.3 Å². The molecular formula is C13H18N4O. The van der Waals surface area contributed by atoms with Gasteiger partial charge in [-0.15, -0.1) is 5.10 Å². The number of aromatic nitrogens is 2. The fourth-order valence-corrected chi connectivity index (χ4v) is 2.08. The first-order valence-corrected chi connectivity index (χ1v) is 6.10. The molecule has 0 aromatic carbocycles. The summed E-state index contributed by atoms with van der Waals surface area (Å²) in [5.74, 6) is 0.782. The highest BCUT2D eigenvalue weighted by Crippen LogP contribution is 2.34. The molecule has 1 aromatic rings. The zero-order valence-electron chi connectivity index (χ0n) is 11.2. The number of rotatable bonds is 2. The largest absolute Gasteiger partial charge is 0.386 e. The number of anilines is 1. The molecule has 5 heteroatoms. The average Bonchev–Trinajstić information content (AvgIpc) is 2.28. The van der Waals surface area contributed by atoms with Crippen molar-refractivity contribution in [2.75, 3.05) is 18.0 Å². The van der Waals surface area contributed by atoms with E-state index in [1.54, 1.807) is 0 Å². The molecule has 0 amide bonds. The van der Waals surface area contributed by atoms with Gasteiger partial charge in [-0.3, -0.25) is 0 Å². The van der Waals surface area contributed by atoms with Crippen molar-refractivity contribution in [3.63, 3.8) is 0 Å². The van der Waals surface area contributed by atoms with Crippen LogP contribution in [-0.4, -0.2) is 34.0 Å². The fraction of sp³-hybridized carbons (Fsp3) is 0.615. The van der Waals surface area contributed by atoms with Gasteiger partial charge in [-0.05, 0) is 25.3 Å². The van der Waals surface area contributed by atoms with Gasteiger partial charge in [0.05, 0.1) is 18.8 Å². The minimum atomic E-state index is -0.673. The molecule has 0 spiro atoms. The number of hydrogen-bond acceptors (Lipinski definition) is 5. The Hall–Kier alpha value is -1.67. The Kier molecular flexibility index (Phi) is 2.99. The van der Waals surface area contributed by atoms with E-state index in [2.05, 4.69) is 16.3 Å². The van der Waals surface area contributed by atoms with Crippen LogP contribution >= 0.6 is 0 Å². The molecule has 2 heterocycles. The van der Waals surface area contributed by atoms with Gasteiger partial charge in [0.2, 0.25) is 0 Å². The van der Waals surface area contributed by atoms with Crippen LogP contribution in [0.5, 0.6) is 0 Å². The van der Waals surface area contributed by atoms with Crippen molar-refractivity contribution >= 4 is 5.82 Å². The molecule has 2 rings (SSSR count). The van der Waals surface area contributed by atoms with E-state index in [1.165, 1.54) is 0 Å². The molecule has 0 radical (unpaired) electrons. The monoisotopic (exact) mass is 246 g/mol. The molecule has 1 aliphatic heterocycles. The van der Waals surface area contributed by atoms with E-state index < -0.39 is 5.60 Å². The second-order valence-electron chi connectivity index (χ2n) is 5.34. The fourth-order valence-electron chi connectivity index (χ4n) is 2.08. The van der Waals surface area contributed by atoms with Crippen molar-refractivity contribution in [3.05, 3.63) is 16.8 Å². The average molecular weight is 246 g/mol. The Morgan fingerprint density at radius 3 is 2.44 bits per heavy atom. The zero-order chi connectivity index (χ0) is 13.5. The van der Waals surface area contributed by atoms with Crippen LogP contribution in [0.2, 0.25) is 0 Å². The van der Waals surface area contributed by atoms with E-state index >= 15 is 0 Å². The van der Waals surface area contributed by atoms with E-state index in [0.29, 0.717) is 24.5 Å². The van der Waals surface area contributed by atoms with E-state index in [9.17, 15) is 10.4 Å². The number of nitrogens with zero attached hydrogens (tertiary/aromatic N) is 4. The van der Waals surface area contributed by atoms with E-state index in [4.69, 9.17) is 0 Å². The summed E-state index contributed by atoms with van der Waals surface area (Å²) in [6.07, 6.45) is 0.